The molecule has 0 spiro atoms. The first-order valence-electron chi connectivity index (χ1n) is 3.48. The third kappa shape index (κ3) is 4.23. The highest BCUT2D eigenvalue weighted by Crippen LogP contribution is 2.14. The number of nitrogens with one attached hydrogen (secondary N) is 1. The Labute approximate surface area is 77.2 Å². The summed E-state index contributed by atoms with van der Waals surface area (Å²) in [5, 5.41) is 0. The lowest BCUT2D eigenvalue weighted by molar-refractivity contribution is -0.156. The summed E-state index contributed by atoms with van der Waals surface area (Å²) in [4.78, 5) is 21.6. The maximum absolute atomic E-state index is 11.1. The normalized spacial score (nSPS) is 10.7. The van der Waals surface area contributed by atoms with Gasteiger partial charge in [0, 0.05) is 0 Å². The van der Waals surface area contributed by atoms with Crippen molar-refractivity contribution in [3.63, 3.8) is 0 Å². The molecular weight excluding hydrogens is 178 g/mol. The monoisotopic (exact) mass is 191 g/mol. The Morgan fingerprint density at radius 1 is 1.42 bits per heavy atom. The van der Waals surface area contributed by atoms with Crippen LogP contribution in [0.3, 0.4) is 0 Å². The molecule has 4 nitrogen and oxygen atoms in total. The Hall–Kier alpha value is -0.710. The maximum atomic E-state index is 11.1. The van der Waals surface area contributed by atoms with E-state index >= 15 is 0 Å². The molecule has 12 heavy (non-hydrogen) atoms. The molecule has 0 radical (unpaired) electrons. The lowest BCUT2D eigenvalue weighted by Gasteiger charge is -2.15. The van der Waals surface area contributed by atoms with Gasteiger partial charge in [0.2, 0.25) is 0 Å². The van der Waals surface area contributed by atoms with Gasteiger partial charge in [-0.1, -0.05) is 12.8 Å². The van der Waals surface area contributed by atoms with E-state index in [1.54, 1.807) is 20.8 Å². The fourth-order valence-electron chi connectivity index (χ4n) is 0.380. The molecule has 0 bridgehead atoms. The number of hydrogen-bond acceptors (Lipinski definition) is 4. The zero-order valence-corrected chi connectivity index (χ0v) is 8.27. The smallest absolute Gasteiger partial charge is 0.311 e. The second-order valence-corrected chi connectivity index (χ2v) is 3.58. The molecule has 0 aliphatic heterocycles. The third-order valence-electron chi connectivity index (χ3n) is 1.07. The number of ether oxygens (including phenoxy) is 1. The predicted octanol–water partition coefficient (Wildman–Crippen LogP) is 0.537. The Bertz CT molecular complexity index is 186. The molecule has 0 aromatic heterocycles. The van der Waals surface area contributed by atoms with Gasteiger partial charge in [0.1, 0.15) is 0 Å². The van der Waals surface area contributed by atoms with Gasteiger partial charge in [-0.05, 0) is 20.8 Å². The molecule has 0 atom stereocenters. The van der Waals surface area contributed by atoms with Gasteiger partial charge >= 0.3 is 5.97 Å². The van der Waals surface area contributed by atoms with Gasteiger partial charge in [0.05, 0.1) is 5.41 Å². The highest BCUT2D eigenvalue weighted by molar-refractivity contribution is 7.78. The molecule has 0 rings (SSSR count). The average Bonchev–Trinajstić information content (AvgIpc) is 1.97. The molecule has 0 aliphatic rings. The fraction of sp³-hybridized carbons (Fsp3) is 0.714. The van der Waals surface area contributed by atoms with E-state index in [-0.39, 0.29) is 6.61 Å². The molecule has 0 aromatic carbocycles. The summed E-state index contributed by atoms with van der Waals surface area (Å²) in [6.07, 6.45) is 0. The quantitative estimate of drug-likeness (QED) is 0.494. The summed E-state index contributed by atoms with van der Waals surface area (Å²) in [5.41, 5.74) is -0.573. The van der Waals surface area contributed by atoms with E-state index < -0.39 is 17.3 Å². The molecule has 0 fully saturated rings. The van der Waals surface area contributed by atoms with Crippen molar-refractivity contribution in [2.45, 2.75) is 20.8 Å². The van der Waals surface area contributed by atoms with Gasteiger partial charge in [-0.25, -0.2) is 0 Å². The van der Waals surface area contributed by atoms with Crippen molar-refractivity contribution >= 4 is 24.7 Å². The number of esters is 1. The van der Waals surface area contributed by atoms with E-state index in [9.17, 15) is 9.59 Å². The SMILES string of the molecule is CC(C)(C)C(=O)OCC(=O)NS. The van der Waals surface area contributed by atoms with Crippen LogP contribution >= 0.6 is 12.8 Å². The highest BCUT2D eigenvalue weighted by Gasteiger charge is 2.23. The zero-order chi connectivity index (χ0) is 9.78. The van der Waals surface area contributed by atoms with Crippen molar-refractivity contribution in [1.82, 2.24) is 4.72 Å². The van der Waals surface area contributed by atoms with E-state index in [1.807, 2.05) is 0 Å². The summed E-state index contributed by atoms with van der Waals surface area (Å²) in [6, 6.07) is 0. The standard InChI is InChI=1S/C7H13NO3S/c1-7(2,3)6(10)11-4-5(9)8-12/h12H,4H2,1-3H3,(H,8,9). The summed E-state index contributed by atoms with van der Waals surface area (Å²) in [5.74, 6) is -0.838. The molecular formula is C7H13NO3S. The minimum absolute atomic E-state index is 0.278. The van der Waals surface area contributed by atoms with Crippen LogP contribution in [0.2, 0.25) is 0 Å². The molecule has 70 valence electrons. The minimum atomic E-state index is -0.573. The van der Waals surface area contributed by atoms with Crippen LogP contribution in [0, 0.1) is 5.41 Å². The number of carbonyl (C=O) groups is 2. The minimum Gasteiger partial charge on any atom is -0.455 e. The van der Waals surface area contributed by atoms with E-state index in [1.165, 1.54) is 0 Å². The van der Waals surface area contributed by atoms with Crippen LogP contribution in [0.4, 0.5) is 0 Å². The summed E-state index contributed by atoms with van der Waals surface area (Å²) >= 11 is 3.50. The summed E-state index contributed by atoms with van der Waals surface area (Å²) in [7, 11) is 0. The topological polar surface area (TPSA) is 55.4 Å². The lowest BCUT2D eigenvalue weighted by atomic mass is 9.97. The third-order valence-corrected chi connectivity index (χ3v) is 1.32. The predicted molar refractivity (Wildman–Crippen MR) is 47.5 cm³/mol. The molecule has 1 N–H and O–H groups in total. The second-order valence-electron chi connectivity index (χ2n) is 3.36. The van der Waals surface area contributed by atoms with Crippen LogP contribution in [0.25, 0.3) is 0 Å². The Kier molecular flexibility index (Phi) is 4.09. The molecule has 0 aliphatic carbocycles. The molecule has 5 heteroatoms. The molecule has 0 saturated heterocycles. The zero-order valence-electron chi connectivity index (χ0n) is 7.38. The number of rotatable bonds is 2. The van der Waals surface area contributed by atoms with Gasteiger partial charge in [-0.15, -0.1) is 0 Å². The first kappa shape index (κ1) is 11.3. The fourth-order valence-corrected chi connectivity index (χ4v) is 0.444. The largest absolute Gasteiger partial charge is 0.455 e. The average molecular weight is 191 g/mol. The Morgan fingerprint density at radius 3 is 2.25 bits per heavy atom. The van der Waals surface area contributed by atoms with E-state index in [2.05, 4.69) is 22.3 Å². The second kappa shape index (κ2) is 4.35. The van der Waals surface area contributed by atoms with Crippen LogP contribution in [0.1, 0.15) is 20.8 Å². The number of thiol groups is 1. The maximum Gasteiger partial charge on any atom is 0.311 e. The van der Waals surface area contributed by atoms with Crippen molar-refractivity contribution in [2.75, 3.05) is 6.61 Å². The lowest BCUT2D eigenvalue weighted by Crippen LogP contribution is -2.28. The first-order valence-corrected chi connectivity index (χ1v) is 3.93. The Morgan fingerprint density at radius 2 is 1.92 bits per heavy atom. The molecule has 0 unspecified atom stereocenters. The van der Waals surface area contributed by atoms with Gasteiger partial charge in [-0.2, -0.15) is 0 Å². The number of carbonyl (C=O) groups excluding carboxylic acids is 2. The molecule has 0 aromatic rings. The summed E-state index contributed by atoms with van der Waals surface area (Å²) in [6.45, 7) is 4.87. The molecule has 0 heterocycles. The first-order chi connectivity index (χ1) is 5.38. The van der Waals surface area contributed by atoms with E-state index in [0.29, 0.717) is 0 Å². The van der Waals surface area contributed by atoms with E-state index in [0.717, 1.165) is 0 Å². The van der Waals surface area contributed by atoms with Crippen LogP contribution in [-0.4, -0.2) is 18.5 Å². The molecule has 1 amide bonds. The van der Waals surface area contributed by atoms with Crippen molar-refractivity contribution < 1.29 is 14.3 Å². The van der Waals surface area contributed by atoms with Crippen molar-refractivity contribution in [2.24, 2.45) is 5.41 Å². The van der Waals surface area contributed by atoms with Crippen LogP contribution < -0.4 is 4.72 Å². The van der Waals surface area contributed by atoms with Gasteiger partial charge < -0.3 is 4.74 Å². The van der Waals surface area contributed by atoms with Crippen molar-refractivity contribution in [3.8, 4) is 0 Å². The Balaban J connectivity index is 3.81. The van der Waals surface area contributed by atoms with Crippen LogP contribution in [0.5, 0.6) is 0 Å². The van der Waals surface area contributed by atoms with E-state index in [4.69, 9.17) is 0 Å². The molecule has 0 saturated carbocycles. The van der Waals surface area contributed by atoms with Gasteiger partial charge in [0.25, 0.3) is 5.91 Å². The van der Waals surface area contributed by atoms with Crippen molar-refractivity contribution in [3.05, 3.63) is 0 Å². The number of amides is 1. The number of hydrogen-bond donors (Lipinski definition) is 2. The van der Waals surface area contributed by atoms with Crippen LogP contribution in [-0.2, 0) is 14.3 Å². The summed E-state index contributed by atoms with van der Waals surface area (Å²) < 4.78 is 6.71. The highest BCUT2D eigenvalue weighted by atomic mass is 32.1. The van der Waals surface area contributed by atoms with Crippen LogP contribution in [0.15, 0.2) is 0 Å². The van der Waals surface area contributed by atoms with Crippen molar-refractivity contribution in [1.29, 1.82) is 0 Å². The van der Waals surface area contributed by atoms with Gasteiger partial charge in [0.15, 0.2) is 6.61 Å². The van der Waals surface area contributed by atoms with Gasteiger partial charge in [-0.3, -0.25) is 14.3 Å².